The van der Waals surface area contributed by atoms with E-state index in [2.05, 4.69) is 33.6 Å². The average Bonchev–Trinajstić information content (AvgIpc) is 3.16. The van der Waals surface area contributed by atoms with Crippen LogP contribution in [0.25, 0.3) is 10.2 Å². The highest BCUT2D eigenvalue weighted by Crippen LogP contribution is 2.41. The van der Waals surface area contributed by atoms with Gasteiger partial charge in [-0.05, 0) is 37.1 Å². The van der Waals surface area contributed by atoms with Crippen LogP contribution in [0.4, 0.5) is 11.8 Å². The maximum Gasteiger partial charge on any atom is 0.226 e. The standard InChI is InChI=1S/C15H20N4OS/c1-2-16-15-17-13(10-5-6-21-14(10)18-15)19-7-9-3-4-12(20)11(9)8-19/h5-6,9,11-12,20H,2-4,7-8H2,1H3,(H,16,17,18). The van der Waals surface area contributed by atoms with Crippen LogP contribution in [0.1, 0.15) is 19.8 Å². The lowest BCUT2D eigenvalue weighted by atomic mass is 10.00. The third kappa shape index (κ3) is 2.17. The van der Waals surface area contributed by atoms with E-state index in [0.717, 1.165) is 48.5 Å². The molecule has 2 N–H and O–H groups in total. The van der Waals surface area contributed by atoms with Crippen LogP contribution in [-0.4, -0.2) is 40.8 Å². The molecule has 1 aliphatic carbocycles. The fourth-order valence-corrected chi connectivity index (χ4v) is 4.49. The van der Waals surface area contributed by atoms with Gasteiger partial charge in [-0.3, -0.25) is 0 Å². The third-order valence-corrected chi connectivity index (χ3v) is 5.57. The molecule has 3 unspecified atom stereocenters. The van der Waals surface area contributed by atoms with E-state index in [1.165, 1.54) is 0 Å². The molecule has 0 bridgehead atoms. The maximum atomic E-state index is 10.1. The number of rotatable bonds is 3. The Kier molecular flexibility index (Phi) is 3.23. The number of anilines is 2. The normalized spacial score (nSPS) is 28.3. The Morgan fingerprint density at radius 1 is 1.38 bits per heavy atom. The van der Waals surface area contributed by atoms with Crippen LogP contribution in [0.2, 0.25) is 0 Å². The van der Waals surface area contributed by atoms with Crippen molar-refractivity contribution in [3.8, 4) is 0 Å². The van der Waals surface area contributed by atoms with Gasteiger partial charge in [0, 0.05) is 25.6 Å². The Bertz CT molecular complexity index is 658. The number of hydrogen-bond acceptors (Lipinski definition) is 6. The van der Waals surface area contributed by atoms with Gasteiger partial charge in [-0.25, -0.2) is 4.98 Å². The highest BCUT2D eigenvalue weighted by Gasteiger charge is 2.42. The van der Waals surface area contributed by atoms with Gasteiger partial charge < -0.3 is 15.3 Å². The van der Waals surface area contributed by atoms with Crippen molar-refractivity contribution in [2.45, 2.75) is 25.9 Å². The summed E-state index contributed by atoms with van der Waals surface area (Å²) in [4.78, 5) is 12.7. The van der Waals surface area contributed by atoms with Crippen molar-refractivity contribution in [3.05, 3.63) is 11.4 Å². The van der Waals surface area contributed by atoms with Crippen molar-refractivity contribution in [1.29, 1.82) is 0 Å². The summed E-state index contributed by atoms with van der Waals surface area (Å²) in [6, 6.07) is 2.11. The van der Waals surface area contributed by atoms with E-state index in [4.69, 9.17) is 4.98 Å². The fourth-order valence-electron chi connectivity index (χ4n) is 3.73. The van der Waals surface area contributed by atoms with Crippen LogP contribution in [0.5, 0.6) is 0 Å². The molecule has 1 saturated heterocycles. The molecule has 0 aromatic carbocycles. The Balaban J connectivity index is 1.71. The van der Waals surface area contributed by atoms with E-state index in [0.29, 0.717) is 17.8 Å². The number of hydrogen-bond donors (Lipinski definition) is 2. The molecule has 2 aromatic heterocycles. The van der Waals surface area contributed by atoms with Crippen molar-refractivity contribution in [3.63, 3.8) is 0 Å². The van der Waals surface area contributed by atoms with E-state index >= 15 is 0 Å². The van der Waals surface area contributed by atoms with Crippen molar-refractivity contribution < 1.29 is 5.11 Å². The molecule has 112 valence electrons. The van der Waals surface area contributed by atoms with E-state index in [1.54, 1.807) is 11.3 Å². The molecule has 3 atom stereocenters. The molecule has 0 radical (unpaired) electrons. The van der Waals surface area contributed by atoms with Crippen molar-refractivity contribution in [2.75, 3.05) is 29.9 Å². The van der Waals surface area contributed by atoms with E-state index in [9.17, 15) is 5.11 Å². The number of aromatic nitrogens is 2. The molecule has 21 heavy (non-hydrogen) atoms. The minimum atomic E-state index is -0.131. The summed E-state index contributed by atoms with van der Waals surface area (Å²) in [5.74, 6) is 2.77. The van der Waals surface area contributed by atoms with Crippen molar-refractivity contribution in [2.24, 2.45) is 11.8 Å². The fraction of sp³-hybridized carbons (Fsp3) is 0.600. The predicted octanol–water partition coefficient (Wildman–Crippen LogP) is 2.33. The van der Waals surface area contributed by atoms with Gasteiger partial charge in [0.1, 0.15) is 10.6 Å². The van der Waals surface area contributed by atoms with Gasteiger partial charge in [0.25, 0.3) is 0 Å². The molecule has 1 aliphatic heterocycles. The molecule has 1 saturated carbocycles. The van der Waals surface area contributed by atoms with Gasteiger partial charge in [0.05, 0.1) is 11.5 Å². The molecular weight excluding hydrogens is 284 g/mol. The van der Waals surface area contributed by atoms with Gasteiger partial charge in [0.2, 0.25) is 5.95 Å². The lowest BCUT2D eigenvalue weighted by Crippen LogP contribution is -2.25. The molecule has 2 fully saturated rings. The van der Waals surface area contributed by atoms with Crippen LogP contribution >= 0.6 is 11.3 Å². The number of aliphatic hydroxyl groups excluding tert-OH is 1. The number of thiophene rings is 1. The number of nitrogens with zero attached hydrogens (tertiary/aromatic N) is 3. The van der Waals surface area contributed by atoms with Crippen LogP contribution in [0.3, 0.4) is 0 Å². The molecule has 3 heterocycles. The minimum Gasteiger partial charge on any atom is -0.393 e. The molecule has 5 nitrogen and oxygen atoms in total. The number of fused-ring (bicyclic) bond motifs is 2. The molecule has 0 spiro atoms. The Morgan fingerprint density at radius 2 is 2.29 bits per heavy atom. The summed E-state index contributed by atoms with van der Waals surface area (Å²) in [7, 11) is 0. The lowest BCUT2D eigenvalue weighted by Gasteiger charge is -2.20. The third-order valence-electron chi connectivity index (χ3n) is 4.76. The van der Waals surface area contributed by atoms with Crippen LogP contribution in [0.15, 0.2) is 11.4 Å². The summed E-state index contributed by atoms with van der Waals surface area (Å²) < 4.78 is 0. The second-order valence-electron chi connectivity index (χ2n) is 6.01. The first kappa shape index (κ1) is 13.3. The Labute approximate surface area is 128 Å². The van der Waals surface area contributed by atoms with Crippen molar-refractivity contribution >= 4 is 33.3 Å². The van der Waals surface area contributed by atoms with Gasteiger partial charge in [0.15, 0.2) is 0 Å². The first-order chi connectivity index (χ1) is 10.3. The van der Waals surface area contributed by atoms with E-state index < -0.39 is 0 Å². The number of aliphatic hydroxyl groups is 1. The average molecular weight is 304 g/mol. The van der Waals surface area contributed by atoms with Crippen molar-refractivity contribution in [1.82, 2.24) is 9.97 Å². The van der Waals surface area contributed by atoms with E-state index in [-0.39, 0.29) is 6.10 Å². The maximum absolute atomic E-state index is 10.1. The second kappa shape index (κ2) is 5.10. The summed E-state index contributed by atoms with van der Waals surface area (Å²) in [5.41, 5.74) is 0. The first-order valence-electron chi connectivity index (χ1n) is 7.68. The first-order valence-corrected chi connectivity index (χ1v) is 8.56. The van der Waals surface area contributed by atoms with Crippen LogP contribution in [-0.2, 0) is 0 Å². The zero-order valence-corrected chi connectivity index (χ0v) is 12.9. The molecule has 2 aromatic rings. The summed E-state index contributed by atoms with van der Waals surface area (Å²) in [6.45, 7) is 4.80. The topological polar surface area (TPSA) is 61.3 Å². The lowest BCUT2D eigenvalue weighted by molar-refractivity contribution is 0.133. The van der Waals surface area contributed by atoms with E-state index in [1.807, 2.05) is 0 Å². The highest BCUT2D eigenvalue weighted by atomic mass is 32.1. The van der Waals surface area contributed by atoms with Gasteiger partial charge in [-0.15, -0.1) is 11.3 Å². The SMILES string of the molecule is CCNc1nc(N2CC3CCC(O)C3C2)c2ccsc2n1. The van der Waals surface area contributed by atoms with Gasteiger partial charge in [-0.2, -0.15) is 4.98 Å². The van der Waals surface area contributed by atoms with Crippen LogP contribution in [0, 0.1) is 11.8 Å². The molecule has 0 amide bonds. The zero-order chi connectivity index (χ0) is 14.4. The Hall–Kier alpha value is -1.40. The summed E-state index contributed by atoms with van der Waals surface area (Å²) >= 11 is 1.66. The largest absolute Gasteiger partial charge is 0.393 e. The molecule has 4 rings (SSSR count). The monoisotopic (exact) mass is 304 g/mol. The predicted molar refractivity (Wildman–Crippen MR) is 86.0 cm³/mol. The number of nitrogens with one attached hydrogen (secondary N) is 1. The quantitative estimate of drug-likeness (QED) is 0.911. The molecule has 6 heteroatoms. The minimum absolute atomic E-state index is 0.131. The zero-order valence-electron chi connectivity index (χ0n) is 12.1. The summed E-state index contributed by atoms with van der Waals surface area (Å²) in [5, 5.41) is 16.5. The summed E-state index contributed by atoms with van der Waals surface area (Å²) in [6.07, 6.45) is 1.97. The smallest absolute Gasteiger partial charge is 0.226 e. The van der Waals surface area contributed by atoms with Gasteiger partial charge >= 0.3 is 0 Å². The molecular formula is C15H20N4OS. The van der Waals surface area contributed by atoms with Gasteiger partial charge in [-0.1, -0.05) is 0 Å². The van der Waals surface area contributed by atoms with Crippen LogP contribution < -0.4 is 10.2 Å². The molecule has 2 aliphatic rings. The Morgan fingerprint density at radius 3 is 3.10 bits per heavy atom. The second-order valence-corrected chi connectivity index (χ2v) is 6.91. The highest BCUT2D eigenvalue weighted by molar-refractivity contribution is 7.16.